The van der Waals surface area contributed by atoms with Gasteiger partial charge in [-0.1, -0.05) is 0 Å². The SMILES string of the molecule is Cc1cc(C)nc(-n2nc(C)c(CC(=O)NC(CN)C3CC3)c2C)n1.Cl. The number of carbonyl (C=O) groups excluding carboxylic acids is 1. The Balaban J connectivity index is 0.00000243. The molecular formula is C18H27ClN6O. The molecule has 26 heavy (non-hydrogen) atoms. The Labute approximate surface area is 160 Å². The quantitative estimate of drug-likeness (QED) is 0.797. The van der Waals surface area contributed by atoms with Gasteiger partial charge in [0, 0.05) is 35.2 Å². The highest BCUT2D eigenvalue weighted by Gasteiger charge is 2.31. The molecule has 0 bridgehead atoms. The first-order valence-electron chi connectivity index (χ1n) is 8.76. The van der Waals surface area contributed by atoms with Crippen LogP contribution in [0.3, 0.4) is 0 Å². The van der Waals surface area contributed by atoms with Gasteiger partial charge in [-0.2, -0.15) is 5.10 Å². The van der Waals surface area contributed by atoms with Crippen molar-refractivity contribution in [1.29, 1.82) is 0 Å². The molecule has 1 fully saturated rings. The van der Waals surface area contributed by atoms with Crippen LogP contribution < -0.4 is 11.1 Å². The van der Waals surface area contributed by atoms with Crippen LogP contribution in [0.15, 0.2) is 6.07 Å². The van der Waals surface area contributed by atoms with Gasteiger partial charge < -0.3 is 11.1 Å². The normalized spacial score (nSPS) is 14.7. The van der Waals surface area contributed by atoms with Crippen molar-refractivity contribution in [2.24, 2.45) is 11.7 Å². The monoisotopic (exact) mass is 378 g/mol. The second-order valence-corrected chi connectivity index (χ2v) is 6.94. The number of aryl methyl sites for hydroxylation is 3. The van der Waals surface area contributed by atoms with Gasteiger partial charge in [0.15, 0.2) is 0 Å². The number of nitrogens with two attached hydrogens (primary N) is 1. The van der Waals surface area contributed by atoms with Crippen molar-refractivity contribution in [1.82, 2.24) is 25.1 Å². The van der Waals surface area contributed by atoms with Gasteiger partial charge in [0.25, 0.3) is 5.95 Å². The van der Waals surface area contributed by atoms with Gasteiger partial charge in [-0.15, -0.1) is 12.4 Å². The lowest BCUT2D eigenvalue weighted by Gasteiger charge is -2.16. The summed E-state index contributed by atoms with van der Waals surface area (Å²) in [5, 5.41) is 7.62. The van der Waals surface area contributed by atoms with Crippen LogP contribution in [0.2, 0.25) is 0 Å². The first-order chi connectivity index (χ1) is 11.9. The van der Waals surface area contributed by atoms with Crippen LogP contribution in [0.5, 0.6) is 0 Å². The molecule has 0 saturated heterocycles. The van der Waals surface area contributed by atoms with E-state index < -0.39 is 0 Å². The fourth-order valence-corrected chi connectivity index (χ4v) is 3.21. The fourth-order valence-electron chi connectivity index (χ4n) is 3.21. The number of hydrogen-bond acceptors (Lipinski definition) is 5. The van der Waals surface area contributed by atoms with Crippen LogP contribution in [-0.4, -0.2) is 38.2 Å². The minimum absolute atomic E-state index is 0. The van der Waals surface area contributed by atoms with Gasteiger partial charge in [-0.25, -0.2) is 14.6 Å². The van der Waals surface area contributed by atoms with E-state index in [2.05, 4.69) is 20.4 Å². The summed E-state index contributed by atoms with van der Waals surface area (Å²) in [5.74, 6) is 1.08. The molecule has 7 nitrogen and oxygen atoms in total. The topological polar surface area (TPSA) is 98.7 Å². The summed E-state index contributed by atoms with van der Waals surface area (Å²) >= 11 is 0. The maximum Gasteiger partial charge on any atom is 0.251 e. The van der Waals surface area contributed by atoms with Gasteiger partial charge >= 0.3 is 0 Å². The number of nitrogens with one attached hydrogen (secondary N) is 1. The number of hydrogen-bond donors (Lipinski definition) is 2. The molecular weight excluding hydrogens is 352 g/mol. The van der Waals surface area contributed by atoms with Crippen LogP contribution in [0, 0.1) is 33.6 Å². The first-order valence-corrected chi connectivity index (χ1v) is 8.76. The molecule has 1 unspecified atom stereocenters. The largest absolute Gasteiger partial charge is 0.352 e. The molecule has 1 amide bonds. The lowest BCUT2D eigenvalue weighted by Crippen LogP contribution is -2.42. The lowest BCUT2D eigenvalue weighted by molar-refractivity contribution is -0.121. The van der Waals surface area contributed by atoms with E-state index in [1.165, 1.54) is 0 Å². The zero-order valence-corrected chi connectivity index (χ0v) is 16.6. The first kappa shape index (κ1) is 20.3. The average molecular weight is 379 g/mol. The standard InChI is InChI=1S/C18H26N6O.ClH/c1-10-7-11(2)21-18(20-10)24-13(4)15(12(3)23-24)8-17(25)22-16(9-19)14-5-6-14;/h7,14,16H,5-6,8-9,19H2,1-4H3,(H,22,25);1H. The molecule has 3 rings (SSSR count). The molecule has 1 atom stereocenters. The van der Waals surface area contributed by atoms with Crippen molar-refractivity contribution in [3.05, 3.63) is 34.4 Å². The maximum atomic E-state index is 12.4. The van der Waals surface area contributed by atoms with Crippen LogP contribution >= 0.6 is 12.4 Å². The predicted molar refractivity (Wildman–Crippen MR) is 103 cm³/mol. The van der Waals surface area contributed by atoms with Crippen molar-refractivity contribution in [2.45, 2.75) is 53.0 Å². The van der Waals surface area contributed by atoms with Gasteiger partial charge in [0.2, 0.25) is 5.91 Å². The number of amides is 1. The van der Waals surface area contributed by atoms with Crippen LogP contribution in [0.4, 0.5) is 0 Å². The number of nitrogens with zero attached hydrogens (tertiary/aromatic N) is 4. The zero-order chi connectivity index (χ0) is 18.1. The van der Waals surface area contributed by atoms with Crippen molar-refractivity contribution >= 4 is 18.3 Å². The van der Waals surface area contributed by atoms with E-state index in [-0.39, 0.29) is 24.4 Å². The fraction of sp³-hybridized carbons (Fsp3) is 0.556. The molecule has 2 aromatic heterocycles. The highest BCUT2D eigenvalue weighted by atomic mass is 35.5. The second-order valence-electron chi connectivity index (χ2n) is 6.94. The summed E-state index contributed by atoms with van der Waals surface area (Å²) in [7, 11) is 0. The summed E-state index contributed by atoms with van der Waals surface area (Å²) in [4.78, 5) is 21.4. The molecule has 0 spiro atoms. The number of rotatable bonds is 6. The second kappa shape index (κ2) is 8.14. The van der Waals surface area contributed by atoms with Crippen LogP contribution in [0.25, 0.3) is 5.95 Å². The van der Waals surface area contributed by atoms with Gasteiger partial charge in [-0.05, 0) is 52.5 Å². The highest BCUT2D eigenvalue weighted by Crippen LogP contribution is 2.32. The molecule has 0 aromatic carbocycles. The van der Waals surface area contributed by atoms with Gasteiger partial charge in [-0.3, -0.25) is 4.79 Å². The van der Waals surface area contributed by atoms with Crippen LogP contribution in [-0.2, 0) is 11.2 Å². The van der Waals surface area contributed by atoms with E-state index in [1.807, 2.05) is 33.8 Å². The molecule has 1 saturated carbocycles. The Morgan fingerprint density at radius 1 is 1.27 bits per heavy atom. The van der Waals surface area contributed by atoms with E-state index in [1.54, 1.807) is 4.68 Å². The van der Waals surface area contributed by atoms with E-state index in [4.69, 9.17) is 5.73 Å². The van der Waals surface area contributed by atoms with E-state index >= 15 is 0 Å². The Hall–Kier alpha value is -1.99. The number of carbonyl (C=O) groups is 1. The summed E-state index contributed by atoms with van der Waals surface area (Å²) < 4.78 is 1.72. The summed E-state index contributed by atoms with van der Waals surface area (Å²) in [6.45, 7) is 8.22. The third-order valence-corrected chi connectivity index (χ3v) is 4.73. The molecule has 1 aliphatic rings. The number of halogens is 1. The van der Waals surface area contributed by atoms with Crippen LogP contribution in [0.1, 0.15) is 41.2 Å². The maximum absolute atomic E-state index is 12.4. The molecule has 8 heteroatoms. The summed E-state index contributed by atoms with van der Waals surface area (Å²) in [5.41, 5.74) is 10.2. The minimum atomic E-state index is -0.00515. The molecule has 1 aliphatic carbocycles. The molecule has 3 N–H and O–H groups in total. The molecule has 0 radical (unpaired) electrons. The van der Waals surface area contributed by atoms with E-state index in [0.717, 1.165) is 41.2 Å². The summed E-state index contributed by atoms with van der Waals surface area (Å²) in [6, 6.07) is 2.01. The molecule has 142 valence electrons. The molecule has 0 aliphatic heterocycles. The van der Waals surface area contributed by atoms with Gasteiger partial charge in [0.05, 0.1) is 12.1 Å². The van der Waals surface area contributed by atoms with Crippen molar-refractivity contribution < 1.29 is 4.79 Å². The Kier molecular flexibility index (Phi) is 6.36. The highest BCUT2D eigenvalue weighted by molar-refractivity contribution is 5.85. The third kappa shape index (κ3) is 4.40. The average Bonchev–Trinajstić information content (AvgIpc) is 3.34. The lowest BCUT2D eigenvalue weighted by atomic mass is 10.1. The number of aromatic nitrogens is 4. The van der Waals surface area contributed by atoms with Crippen molar-refractivity contribution in [3.8, 4) is 5.95 Å². The Morgan fingerprint density at radius 2 is 1.88 bits per heavy atom. The zero-order valence-electron chi connectivity index (χ0n) is 15.7. The van der Waals surface area contributed by atoms with Gasteiger partial charge in [0.1, 0.15) is 0 Å². The Bertz CT molecular complexity index is 779. The third-order valence-electron chi connectivity index (χ3n) is 4.73. The smallest absolute Gasteiger partial charge is 0.251 e. The van der Waals surface area contributed by atoms with Crippen molar-refractivity contribution in [3.63, 3.8) is 0 Å². The predicted octanol–water partition coefficient (Wildman–Crippen LogP) is 1.71. The van der Waals surface area contributed by atoms with E-state index in [0.29, 0.717) is 24.8 Å². The molecule has 2 heterocycles. The summed E-state index contributed by atoms with van der Waals surface area (Å²) in [6.07, 6.45) is 2.61. The van der Waals surface area contributed by atoms with Crippen molar-refractivity contribution in [2.75, 3.05) is 6.54 Å². The minimum Gasteiger partial charge on any atom is -0.352 e. The molecule has 2 aromatic rings. The Morgan fingerprint density at radius 3 is 2.42 bits per heavy atom. The van der Waals surface area contributed by atoms with E-state index in [9.17, 15) is 4.79 Å².